The van der Waals surface area contributed by atoms with Crippen molar-refractivity contribution >= 4 is 0 Å². The zero-order valence-corrected chi connectivity index (χ0v) is 12.7. The number of rotatable bonds is 2. The van der Waals surface area contributed by atoms with Crippen LogP contribution in [0.1, 0.15) is 36.4 Å². The van der Waals surface area contributed by atoms with Crippen LogP contribution in [-0.2, 0) is 7.05 Å². The lowest BCUT2D eigenvalue weighted by molar-refractivity contribution is 0.412. The van der Waals surface area contributed by atoms with Gasteiger partial charge in [-0.1, -0.05) is 24.6 Å². The highest BCUT2D eigenvalue weighted by atomic mass is 16.1. The van der Waals surface area contributed by atoms with Gasteiger partial charge in [-0.3, -0.25) is 4.79 Å². The Labute approximate surface area is 125 Å². The van der Waals surface area contributed by atoms with Gasteiger partial charge < -0.3 is 9.88 Å². The summed E-state index contributed by atoms with van der Waals surface area (Å²) in [6.45, 7) is 2.98. The predicted molar refractivity (Wildman–Crippen MR) is 86.5 cm³/mol. The summed E-state index contributed by atoms with van der Waals surface area (Å²) in [4.78, 5) is 11.8. The molecule has 0 amide bonds. The fourth-order valence-electron chi connectivity index (χ4n) is 3.11. The molecule has 1 aliphatic rings. The molecule has 3 heteroatoms. The average molecular weight is 282 g/mol. The van der Waals surface area contributed by atoms with E-state index in [9.17, 15) is 4.79 Å². The molecule has 0 aliphatic carbocycles. The summed E-state index contributed by atoms with van der Waals surface area (Å²) in [6.07, 6.45) is 5.69. The SMILES string of the molecule is Cc1cc(-c2cccc(C3CCCCN3)c2)cn(C)c1=O. The molecule has 1 atom stereocenters. The zero-order valence-electron chi connectivity index (χ0n) is 12.7. The molecule has 1 aliphatic heterocycles. The second-order valence-electron chi connectivity index (χ2n) is 5.96. The fourth-order valence-corrected chi connectivity index (χ4v) is 3.11. The minimum absolute atomic E-state index is 0.0730. The molecule has 1 fully saturated rings. The standard InChI is InChI=1S/C18H22N2O/c1-13-10-16(12-20(2)18(13)21)14-6-5-7-15(11-14)17-8-3-4-9-19-17/h5-7,10-12,17,19H,3-4,8-9H2,1-2H3. The van der Waals surface area contributed by atoms with Gasteiger partial charge in [0.1, 0.15) is 0 Å². The Kier molecular flexibility index (Phi) is 3.93. The number of pyridine rings is 1. The van der Waals surface area contributed by atoms with Crippen molar-refractivity contribution in [3.05, 3.63) is 58.0 Å². The molecule has 110 valence electrons. The predicted octanol–water partition coefficient (Wildman–Crippen LogP) is 3.18. The fraction of sp³-hybridized carbons (Fsp3) is 0.389. The van der Waals surface area contributed by atoms with E-state index in [1.165, 1.54) is 30.4 Å². The van der Waals surface area contributed by atoms with E-state index in [0.29, 0.717) is 6.04 Å². The van der Waals surface area contributed by atoms with Gasteiger partial charge >= 0.3 is 0 Å². The first-order valence-corrected chi connectivity index (χ1v) is 7.66. The molecule has 1 N–H and O–H groups in total. The number of nitrogens with one attached hydrogen (secondary N) is 1. The van der Waals surface area contributed by atoms with Crippen LogP contribution in [0.3, 0.4) is 0 Å². The molecule has 0 bridgehead atoms. The highest BCUT2D eigenvalue weighted by Gasteiger charge is 2.15. The third kappa shape index (κ3) is 2.93. The molecule has 2 aromatic rings. The van der Waals surface area contributed by atoms with Crippen molar-refractivity contribution < 1.29 is 0 Å². The summed E-state index contributed by atoms with van der Waals surface area (Å²) in [5.41, 5.74) is 4.49. The van der Waals surface area contributed by atoms with Crippen LogP contribution in [-0.4, -0.2) is 11.1 Å². The van der Waals surface area contributed by atoms with Crippen molar-refractivity contribution in [1.29, 1.82) is 0 Å². The van der Waals surface area contributed by atoms with Crippen LogP contribution >= 0.6 is 0 Å². The quantitative estimate of drug-likeness (QED) is 0.918. The van der Waals surface area contributed by atoms with Crippen molar-refractivity contribution in [3.8, 4) is 11.1 Å². The first-order valence-electron chi connectivity index (χ1n) is 7.66. The number of aromatic nitrogens is 1. The number of hydrogen-bond acceptors (Lipinski definition) is 2. The molecule has 0 spiro atoms. The van der Waals surface area contributed by atoms with E-state index in [1.54, 1.807) is 4.57 Å². The maximum absolute atomic E-state index is 11.8. The van der Waals surface area contributed by atoms with Crippen LogP contribution in [0, 0.1) is 6.92 Å². The topological polar surface area (TPSA) is 34.0 Å². The molecule has 3 rings (SSSR count). The van der Waals surface area contributed by atoms with Crippen molar-refractivity contribution in [2.45, 2.75) is 32.2 Å². The van der Waals surface area contributed by atoms with Gasteiger partial charge in [-0.15, -0.1) is 0 Å². The highest BCUT2D eigenvalue weighted by Crippen LogP contribution is 2.27. The zero-order chi connectivity index (χ0) is 14.8. The van der Waals surface area contributed by atoms with Crippen molar-refractivity contribution in [2.75, 3.05) is 6.54 Å². The second-order valence-corrected chi connectivity index (χ2v) is 5.96. The van der Waals surface area contributed by atoms with Gasteiger partial charge in [0.15, 0.2) is 0 Å². The van der Waals surface area contributed by atoms with Crippen LogP contribution in [0.2, 0.25) is 0 Å². The Hall–Kier alpha value is -1.87. The van der Waals surface area contributed by atoms with Gasteiger partial charge in [-0.25, -0.2) is 0 Å². The summed E-state index contributed by atoms with van der Waals surface area (Å²) in [5, 5.41) is 3.59. The molecule has 2 heterocycles. The molecule has 1 aromatic heterocycles. The Morgan fingerprint density at radius 2 is 2.05 bits per heavy atom. The normalized spacial score (nSPS) is 18.7. The Morgan fingerprint density at radius 3 is 2.76 bits per heavy atom. The van der Waals surface area contributed by atoms with Crippen LogP contribution < -0.4 is 10.9 Å². The third-order valence-electron chi connectivity index (χ3n) is 4.30. The monoisotopic (exact) mass is 282 g/mol. The van der Waals surface area contributed by atoms with Gasteiger partial charge in [0.05, 0.1) is 0 Å². The number of hydrogen-bond donors (Lipinski definition) is 1. The molecule has 3 nitrogen and oxygen atoms in total. The van der Waals surface area contributed by atoms with E-state index in [4.69, 9.17) is 0 Å². The Balaban J connectivity index is 1.97. The average Bonchev–Trinajstić information content (AvgIpc) is 2.53. The van der Waals surface area contributed by atoms with E-state index < -0.39 is 0 Å². The van der Waals surface area contributed by atoms with Crippen molar-refractivity contribution in [2.24, 2.45) is 7.05 Å². The lowest BCUT2D eigenvalue weighted by Gasteiger charge is -2.24. The molecule has 0 radical (unpaired) electrons. The molecule has 1 unspecified atom stereocenters. The van der Waals surface area contributed by atoms with Gasteiger partial charge in [-0.2, -0.15) is 0 Å². The number of benzene rings is 1. The number of piperidine rings is 1. The largest absolute Gasteiger partial charge is 0.318 e. The smallest absolute Gasteiger partial charge is 0.253 e. The second kappa shape index (κ2) is 5.86. The maximum Gasteiger partial charge on any atom is 0.253 e. The van der Waals surface area contributed by atoms with Crippen LogP contribution in [0.5, 0.6) is 0 Å². The first-order chi connectivity index (χ1) is 10.1. The lowest BCUT2D eigenvalue weighted by atomic mass is 9.94. The third-order valence-corrected chi connectivity index (χ3v) is 4.30. The molecular formula is C18H22N2O. The minimum Gasteiger partial charge on any atom is -0.318 e. The van der Waals surface area contributed by atoms with E-state index in [-0.39, 0.29) is 5.56 Å². The van der Waals surface area contributed by atoms with Crippen LogP contribution in [0.15, 0.2) is 41.3 Å². The van der Waals surface area contributed by atoms with Gasteiger partial charge in [0.2, 0.25) is 0 Å². The lowest BCUT2D eigenvalue weighted by Crippen LogP contribution is -2.26. The van der Waals surface area contributed by atoms with Gasteiger partial charge in [0, 0.05) is 24.8 Å². The van der Waals surface area contributed by atoms with Crippen LogP contribution in [0.25, 0.3) is 11.1 Å². The van der Waals surface area contributed by atoms with Crippen molar-refractivity contribution in [3.63, 3.8) is 0 Å². The maximum atomic E-state index is 11.8. The van der Waals surface area contributed by atoms with E-state index in [2.05, 4.69) is 29.6 Å². The molecular weight excluding hydrogens is 260 g/mol. The molecule has 0 saturated carbocycles. The molecule has 1 saturated heterocycles. The molecule has 21 heavy (non-hydrogen) atoms. The van der Waals surface area contributed by atoms with E-state index in [1.807, 2.05) is 26.2 Å². The van der Waals surface area contributed by atoms with E-state index in [0.717, 1.165) is 17.7 Å². The number of aryl methyl sites for hydroxylation is 2. The number of nitrogens with zero attached hydrogens (tertiary/aromatic N) is 1. The highest BCUT2D eigenvalue weighted by molar-refractivity contribution is 5.64. The first kappa shape index (κ1) is 14.1. The van der Waals surface area contributed by atoms with Crippen LogP contribution in [0.4, 0.5) is 0 Å². The Morgan fingerprint density at radius 1 is 1.19 bits per heavy atom. The summed E-state index contributed by atoms with van der Waals surface area (Å²) < 4.78 is 1.66. The summed E-state index contributed by atoms with van der Waals surface area (Å²) in [6, 6.07) is 11.1. The minimum atomic E-state index is 0.0730. The summed E-state index contributed by atoms with van der Waals surface area (Å²) in [5.74, 6) is 0. The molecule has 1 aromatic carbocycles. The van der Waals surface area contributed by atoms with Crippen molar-refractivity contribution in [1.82, 2.24) is 9.88 Å². The van der Waals surface area contributed by atoms with Gasteiger partial charge in [-0.05, 0) is 55.1 Å². The summed E-state index contributed by atoms with van der Waals surface area (Å²) >= 11 is 0. The summed E-state index contributed by atoms with van der Waals surface area (Å²) in [7, 11) is 1.81. The van der Waals surface area contributed by atoms with E-state index >= 15 is 0 Å². The Bertz CT molecular complexity index is 670. The van der Waals surface area contributed by atoms with Gasteiger partial charge in [0.25, 0.3) is 5.56 Å².